The molecule has 2 aromatic rings. The van der Waals surface area contributed by atoms with Gasteiger partial charge in [-0.2, -0.15) is 0 Å². The molecule has 6 nitrogen and oxygen atoms in total. The van der Waals surface area contributed by atoms with Crippen molar-refractivity contribution in [3.05, 3.63) is 70.8 Å². The van der Waals surface area contributed by atoms with Gasteiger partial charge in [-0.15, -0.1) is 0 Å². The van der Waals surface area contributed by atoms with Crippen LogP contribution >= 0.6 is 21.6 Å². The van der Waals surface area contributed by atoms with Crippen molar-refractivity contribution in [2.45, 2.75) is 11.5 Å². The van der Waals surface area contributed by atoms with Crippen molar-refractivity contribution in [3.63, 3.8) is 0 Å². The number of nitrogen functional groups attached to an aromatic ring is 2. The van der Waals surface area contributed by atoms with E-state index in [1.165, 1.54) is 0 Å². The highest BCUT2D eigenvalue weighted by molar-refractivity contribution is 8.76. The minimum atomic E-state index is -0.304. The summed E-state index contributed by atoms with van der Waals surface area (Å²) in [4.78, 5) is 23.5. The average Bonchev–Trinajstić information content (AvgIpc) is 2.64. The zero-order valence-corrected chi connectivity index (χ0v) is 14.5. The zero-order chi connectivity index (χ0) is 17.4. The molecular formula is C16H18N4O2S2. The van der Waals surface area contributed by atoms with E-state index in [2.05, 4.69) is 10.9 Å². The highest BCUT2D eigenvalue weighted by Crippen LogP contribution is 2.31. The first kappa shape index (κ1) is 18.3. The summed E-state index contributed by atoms with van der Waals surface area (Å²) in [7, 11) is 3.21. The minimum Gasteiger partial charge on any atom is -0.290 e. The second-order valence-electron chi connectivity index (χ2n) is 4.79. The summed E-state index contributed by atoms with van der Waals surface area (Å²) in [6, 6.07) is 14.6. The van der Waals surface area contributed by atoms with Crippen LogP contribution < -0.4 is 22.5 Å². The predicted molar refractivity (Wildman–Crippen MR) is 98.8 cm³/mol. The van der Waals surface area contributed by atoms with E-state index in [0.717, 1.165) is 11.1 Å². The molecule has 0 saturated heterocycles. The number of carbonyl (C=O) groups excluding carboxylic acids is 2. The largest absolute Gasteiger partial charge is 0.290 e. The Kier molecular flexibility index (Phi) is 7.13. The van der Waals surface area contributed by atoms with E-state index in [0.29, 0.717) is 22.6 Å². The number of hydrogen-bond acceptors (Lipinski definition) is 6. The third-order valence-corrected chi connectivity index (χ3v) is 5.53. The minimum absolute atomic E-state index is 0.304. The molecule has 0 spiro atoms. The standard InChI is InChI=1S/C16H18N4O2S2/c17-19-15(21)13-7-3-1-5-11(13)9-23-24-10-12-6-2-4-8-14(12)16(22)20-18/h1-8H,9-10,17-18H2,(H,19,21)(H,20,22). The predicted octanol–water partition coefficient (Wildman–Crippen LogP) is 1.98. The molecule has 8 heteroatoms. The summed E-state index contributed by atoms with van der Waals surface area (Å²) in [5, 5.41) is 0. The summed E-state index contributed by atoms with van der Waals surface area (Å²) in [5.41, 5.74) is 7.25. The normalized spacial score (nSPS) is 10.2. The van der Waals surface area contributed by atoms with Crippen molar-refractivity contribution >= 4 is 33.4 Å². The highest BCUT2D eigenvalue weighted by atomic mass is 33.1. The Hall–Kier alpha value is -2.00. The lowest BCUT2D eigenvalue weighted by molar-refractivity contribution is 0.0945. The molecule has 0 bridgehead atoms. The van der Waals surface area contributed by atoms with Crippen LogP contribution in [0.1, 0.15) is 31.8 Å². The topological polar surface area (TPSA) is 110 Å². The molecule has 126 valence electrons. The lowest BCUT2D eigenvalue weighted by atomic mass is 10.1. The van der Waals surface area contributed by atoms with Gasteiger partial charge in [0.25, 0.3) is 11.8 Å². The van der Waals surface area contributed by atoms with E-state index in [1.54, 1.807) is 45.9 Å². The third-order valence-electron chi connectivity index (χ3n) is 3.30. The first-order valence-electron chi connectivity index (χ1n) is 7.09. The van der Waals surface area contributed by atoms with Crippen molar-refractivity contribution < 1.29 is 9.59 Å². The van der Waals surface area contributed by atoms with Crippen LogP contribution in [0, 0.1) is 0 Å². The SMILES string of the molecule is NNC(=O)c1ccccc1CSSCc1ccccc1C(=O)NN. The number of nitrogens with one attached hydrogen (secondary N) is 2. The maximum atomic E-state index is 11.7. The van der Waals surface area contributed by atoms with E-state index in [4.69, 9.17) is 11.7 Å². The van der Waals surface area contributed by atoms with Crippen LogP contribution in [0.5, 0.6) is 0 Å². The Morgan fingerprint density at radius 3 is 1.50 bits per heavy atom. The summed E-state index contributed by atoms with van der Waals surface area (Å²) in [5.74, 6) is 11.1. The van der Waals surface area contributed by atoms with Crippen molar-refractivity contribution in [2.75, 3.05) is 0 Å². The number of amides is 2. The molecule has 0 aliphatic rings. The van der Waals surface area contributed by atoms with Crippen LogP contribution in [0.2, 0.25) is 0 Å². The van der Waals surface area contributed by atoms with Crippen molar-refractivity contribution in [3.8, 4) is 0 Å². The molecule has 0 radical (unpaired) electrons. The molecule has 2 aromatic carbocycles. The highest BCUT2D eigenvalue weighted by Gasteiger charge is 2.11. The Morgan fingerprint density at radius 1 is 0.750 bits per heavy atom. The fourth-order valence-electron chi connectivity index (χ4n) is 2.10. The van der Waals surface area contributed by atoms with Crippen LogP contribution in [-0.2, 0) is 11.5 Å². The van der Waals surface area contributed by atoms with Gasteiger partial charge in [0.1, 0.15) is 0 Å². The maximum absolute atomic E-state index is 11.7. The van der Waals surface area contributed by atoms with Crippen molar-refractivity contribution in [1.82, 2.24) is 10.9 Å². The average molecular weight is 362 g/mol. The number of carbonyl (C=O) groups is 2. The number of hydrogen-bond donors (Lipinski definition) is 4. The van der Waals surface area contributed by atoms with E-state index in [-0.39, 0.29) is 11.8 Å². The van der Waals surface area contributed by atoms with E-state index in [9.17, 15) is 9.59 Å². The monoisotopic (exact) mass is 362 g/mol. The van der Waals surface area contributed by atoms with E-state index in [1.807, 2.05) is 24.3 Å². The Morgan fingerprint density at radius 2 is 1.12 bits per heavy atom. The summed E-state index contributed by atoms with van der Waals surface area (Å²) in [6.07, 6.45) is 0. The van der Waals surface area contributed by atoms with Crippen LogP contribution in [0.3, 0.4) is 0 Å². The Bertz CT molecular complexity index is 663. The van der Waals surface area contributed by atoms with Crippen LogP contribution in [-0.4, -0.2) is 11.8 Å². The molecule has 0 unspecified atom stereocenters. The van der Waals surface area contributed by atoms with Crippen molar-refractivity contribution in [1.29, 1.82) is 0 Å². The van der Waals surface area contributed by atoms with Gasteiger partial charge in [-0.05, 0) is 23.3 Å². The van der Waals surface area contributed by atoms with Gasteiger partial charge in [0, 0.05) is 22.6 Å². The van der Waals surface area contributed by atoms with Crippen LogP contribution in [0.15, 0.2) is 48.5 Å². The third kappa shape index (κ3) is 4.75. The van der Waals surface area contributed by atoms with Gasteiger partial charge in [-0.25, -0.2) is 11.7 Å². The van der Waals surface area contributed by atoms with Gasteiger partial charge < -0.3 is 0 Å². The molecule has 0 saturated carbocycles. The second kappa shape index (κ2) is 9.33. The molecule has 0 aliphatic carbocycles. The zero-order valence-electron chi connectivity index (χ0n) is 12.8. The molecule has 0 heterocycles. The van der Waals surface area contributed by atoms with Gasteiger partial charge in [-0.3, -0.25) is 20.4 Å². The molecule has 2 amide bonds. The first-order chi connectivity index (χ1) is 11.7. The number of hydrazine groups is 2. The fraction of sp³-hybridized carbons (Fsp3) is 0.125. The lowest BCUT2D eigenvalue weighted by Gasteiger charge is -2.09. The van der Waals surface area contributed by atoms with Gasteiger partial charge in [-0.1, -0.05) is 58.0 Å². The van der Waals surface area contributed by atoms with Gasteiger partial charge in [0.2, 0.25) is 0 Å². The summed E-state index contributed by atoms with van der Waals surface area (Å²) >= 11 is 0. The maximum Gasteiger partial charge on any atom is 0.265 e. The van der Waals surface area contributed by atoms with Gasteiger partial charge >= 0.3 is 0 Å². The van der Waals surface area contributed by atoms with E-state index < -0.39 is 0 Å². The quantitative estimate of drug-likeness (QED) is 0.197. The molecule has 0 aliphatic heterocycles. The first-order valence-corrected chi connectivity index (χ1v) is 9.58. The molecule has 0 aromatic heterocycles. The van der Waals surface area contributed by atoms with Crippen LogP contribution in [0.25, 0.3) is 0 Å². The van der Waals surface area contributed by atoms with Crippen LogP contribution in [0.4, 0.5) is 0 Å². The van der Waals surface area contributed by atoms with Gasteiger partial charge in [0.15, 0.2) is 0 Å². The second-order valence-corrected chi connectivity index (χ2v) is 7.25. The van der Waals surface area contributed by atoms with Gasteiger partial charge in [0.05, 0.1) is 0 Å². The number of benzene rings is 2. The lowest BCUT2D eigenvalue weighted by Crippen LogP contribution is -2.30. The van der Waals surface area contributed by atoms with E-state index >= 15 is 0 Å². The number of rotatable bonds is 7. The smallest absolute Gasteiger partial charge is 0.265 e. The molecule has 0 fully saturated rings. The molecule has 24 heavy (non-hydrogen) atoms. The Labute approximate surface area is 148 Å². The molecular weight excluding hydrogens is 344 g/mol. The fourth-order valence-corrected chi connectivity index (χ4v) is 4.29. The Balaban J connectivity index is 1.95. The summed E-state index contributed by atoms with van der Waals surface area (Å²) < 4.78 is 0. The van der Waals surface area contributed by atoms with Crippen molar-refractivity contribution in [2.24, 2.45) is 11.7 Å². The number of nitrogens with two attached hydrogens (primary N) is 2. The molecule has 2 rings (SSSR count). The summed E-state index contributed by atoms with van der Waals surface area (Å²) in [6.45, 7) is 0. The molecule has 6 N–H and O–H groups in total. The molecule has 0 atom stereocenters.